The van der Waals surface area contributed by atoms with Gasteiger partial charge in [-0.25, -0.2) is 24.8 Å². The van der Waals surface area contributed by atoms with Crippen molar-refractivity contribution in [3.05, 3.63) is 162 Å². The van der Waals surface area contributed by atoms with E-state index in [0.717, 1.165) is 0 Å². The number of carbonyl (C=O) groups excluding carboxylic acids is 2. The second kappa shape index (κ2) is 16.9. The Kier molecular flexibility index (Phi) is 10.4. The molecule has 0 spiro atoms. The van der Waals surface area contributed by atoms with Crippen molar-refractivity contribution in [3.63, 3.8) is 0 Å². The summed E-state index contributed by atoms with van der Waals surface area (Å²) in [5.41, 5.74) is 0.482. The standard InChI is InChI=1S/C44H26N16O4/c1-46-34-24-52-60(44-49-18-7-19-50-44)40(34)58-56-33-21-26-9-3-5-11-31(26)36(38(33)62)42(64)54-29-14-12-28(13-15-29)53-41(63)35-30-10-4-2-8-25(30)20-32(37(35)61)55-57-39-27(22-45)23-51-59(39)43-47-16-6-17-48-43/h2-21,23-24,61-62H,(H,53,63)(H,54,64)/b57-55+,58-56+. The Morgan fingerprint density at radius 1 is 0.625 bits per heavy atom. The average Bonchev–Trinajstić information content (AvgIpc) is 3.95. The Hall–Kier alpha value is -10.1. The van der Waals surface area contributed by atoms with Crippen LogP contribution in [0.5, 0.6) is 11.5 Å². The molecule has 0 unspecified atom stereocenters. The molecule has 0 radical (unpaired) electrons. The van der Waals surface area contributed by atoms with Gasteiger partial charge in [0.15, 0.2) is 23.1 Å². The van der Waals surface area contributed by atoms with E-state index in [9.17, 15) is 25.1 Å². The van der Waals surface area contributed by atoms with Crippen molar-refractivity contribution in [2.75, 3.05) is 10.6 Å². The number of phenols is 2. The summed E-state index contributed by atoms with van der Waals surface area (Å²) in [4.78, 5) is 47.9. The fourth-order valence-corrected chi connectivity index (χ4v) is 6.60. The number of carbonyl (C=O) groups is 2. The number of rotatable bonds is 10. The summed E-state index contributed by atoms with van der Waals surface area (Å²) in [5, 5.41) is 65.4. The first kappa shape index (κ1) is 39.4. The summed E-state index contributed by atoms with van der Waals surface area (Å²) in [6.07, 6.45) is 8.59. The highest BCUT2D eigenvalue weighted by Gasteiger charge is 2.23. The fraction of sp³-hybridized carbons (Fsp3) is 0. The second-order valence-corrected chi connectivity index (χ2v) is 13.4. The lowest BCUT2D eigenvalue weighted by Gasteiger charge is -2.13. The first-order valence-corrected chi connectivity index (χ1v) is 18.9. The number of fused-ring (bicyclic) bond motifs is 2. The summed E-state index contributed by atoms with van der Waals surface area (Å²) in [5.74, 6) is -1.96. The first-order chi connectivity index (χ1) is 31.3. The molecule has 20 heteroatoms. The van der Waals surface area contributed by atoms with Gasteiger partial charge in [0.05, 0.1) is 30.1 Å². The van der Waals surface area contributed by atoms with Crippen LogP contribution in [0.25, 0.3) is 38.3 Å². The van der Waals surface area contributed by atoms with E-state index in [4.69, 9.17) is 6.57 Å². The van der Waals surface area contributed by atoms with Gasteiger partial charge in [0, 0.05) is 36.2 Å². The van der Waals surface area contributed by atoms with Crippen LogP contribution in [0.15, 0.2) is 155 Å². The van der Waals surface area contributed by atoms with Gasteiger partial charge in [0.1, 0.15) is 23.0 Å². The maximum absolute atomic E-state index is 13.9. The number of phenolic OH excluding ortho intramolecular Hbond substituents is 2. The number of amides is 2. The summed E-state index contributed by atoms with van der Waals surface area (Å²) in [7, 11) is 0. The van der Waals surface area contributed by atoms with E-state index >= 15 is 0 Å². The molecule has 0 saturated heterocycles. The van der Waals surface area contributed by atoms with Gasteiger partial charge >= 0.3 is 0 Å². The van der Waals surface area contributed by atoms with E-state index in [-0.39, 0.29) is 57.3 Å². The zero-order valence-corrected chi connectivity index (χ0v) is 32.7. The summed E-state index contributed by atoms with van der Waals surface area (Å²) >= 11 is 0. The lowest BCUT2D eigenvalue weighted by atomic mass is 10.0. The molecule has 2 amide bonds. The van der Waals surface area contributed by atoms with E-state index in [1.54, 1.807) is 97.1 Å². The molecule has 9 rings (SSSR count). The molecular formula is C44H26N16O4. The number of aromatic hydroxyl groups is 2. The van der Waals surface area contributed by atoms with Crippen LogP contribution in [0.4, 0.5) is 40.1 Å². The predicted octanol–water partition coefficient (Wildman–Crippen LogP) is 9.11. The number of azo groups is 2. The topological polar surface area (TPSA) is 263 Å². The van der Waals surface area contributed by atoms with Crippen molar-refractivity contribution in [1.29, 1.82) is 5.26 Å². The van der Waals surface area contributed by atoms with Gasteiger partial charge in [-0.3, -0.25) is 9.59 Å². The Labute approximate surface area is 360 Å². The van der Waals surface area contributed by atoms with E-state index in [1.807, 2.05) is 6.07 Å². The average molecular weight is 843 g/mol. The maximum atomic E-state index is 13.9. The molecule has 9 aromatic rings. The van der Waals surface area contributed by atoms with Crippen LogP contribution in [-0.4, -0.2) is 61.5 Å². The lowest BCUT2D eigenvalue weighted by molar-refractivity contribution is 0.101. The molecule has 0 aliphatic carbocycles. The number of benzene rings is 5. The van der Waals surface area contributed by atoms with Crippen molar-refractivity contribution in [1.82, 2.24) is 39.5 Å². The van der Waals surface area contributed by atoms with Crippen molar-refractivity contribution in [2.24, 2.45) is 20.5 Å². The van der Waals surface area contributed by atoms with E-state index in [0.29, 0.717) is 32.9 Å². The highest BCUT2D eigenvalue weighted by Crippen LogP contribution is 2.41. The smallest absolute Gasteiger partial charge is 0.260 e. The molecule has 4 N–H and O–H groups in total. The first-order valence-electron chi connectivity index (χ1n) is 18.9. The number of nitriles is 1. The number of nitrogens with one attached hydrogen (secondary N) is 2. The van der Waals surface area contributed by atoms with E-state index < -0.39 is 23.3 Å². The van der Waals surface area contributed by atoms with Crippen molar-refractivity contribution >= 4 is 73.4 Å². The molecule has 0 fully saturated rings. The van der Waals surface area contributed by atoms with Crippen LogP contribution < -0.4 is 10.6 Å². The summed E-state index contributed by atoms with van der Waals surface area (Å²) in [6.45, 7) is 7.57. The van der Waals surface area contributed by atoms with Gasteiger partial charge < -0.3 is 20.8 Å². The minimum atomic E-state index is -0.673. The SMILES string of the molecule is [C-]#[N+]c1cnn(-c2ncccn2)c1/N=N/c1cc2ccccc2c(C(=O)Nc2ccc(NC(=O)c3c(O)c(/N=N/c4c(C#N)cnn4-c4ncccn4)cc4ccccc34)cc2)c1O. The van der Waals surface area contributed by atoms with Gasteiger partial charge in [-0.2, -0.15) is 24.8 Å². The Morgan fingerprint density at radius 2 is 1.08 bits per heavy atom. The minimum Gasteiger partial charge on any atom is -0.505 e. The molecule has 20 nitrogen and oxygen atoms in total. The second-order valence-electron chi connectivity index (χ2n) is 13.4. The molecule has 0 aliphatic rings. The molecule has 5 aromatic carbocycles. The molecule has 306 valence electrons. The van der Waals surface area contributed by atoms with Gasteiger partial charge in [0.2, 0.25) is 0 Å². The molecule has 0 atom stereocenters. The van der Waals surface area contributed by atoms with Crippen molar-refractivity contribution in [2.45, 2.75) is 0 Å². The number of nitrogens with zero attached hydrogens (tertiary/aromatic N) is 14. The normalized spacial score (nSPS) is 11.2. The van der Waals surface area contributed by atoms with Gasteiger partial charge in [-0.1, -0.05) is 48.5 Å². The molecule has 0 saturated carbocycles. The highest BCUT2D eigenvalue weighted by atomic mass is 16.3. The van der Waals surface area contributed by atoms with Crippen LogP contribution in [0.1, 0.15) is 26.3 Å². The van der Waals surface area contributed by atoms with Crippen LogP contribution in [0, 0.1) is 17.9 Å². The number of aromatic nitrogens is 8. The quantitative estimate of drug-likeness (QED) is 0.0745. The molecule has 4 heterocycles. The molecule has 64 heavy (non-hydrogen) atoms. The number of hydrogen-bond donors (Lipinski definition) is 4. The maximum Gasteiger partial charge on any atom is 0.260 e. The third-order valence-corrected chi connectivity index (χ3v) is 9.56. The summed E-state index contributed by atoms with van der Waals surface area (Å²) in [6, 6.07) is 28.3. The summed E-state index contributed by atoms with van der Waals surface area (Å²) < 4.78 is 2.46. The predicted molar refractivity (Wildman–Crippen MR) is 231 cm³/mol. The van der Waals surface area contributed by atoms with E-state index in [2.05, 4.69) is 66.1 Å². The lowest BCUT2D eigenvalue weighted by Crippen LogP contribution is -2.14. The van der Waals surface area contributed by atoms with Crippen LogP contribution >= 0.6 is 0 Å². The molecule has 0 aliphatic heterocycles. The number of anilines is 2. The fourth-order valence-electron chi connectivity index (χ4n) is 6.60. The zero-order chi connectivity index (χ0) is 44.2. The van der Waals surface area contributed by atoms with Gasteiger partial charge in [-0.15, -0.1) is 20.5 Å². The van der Waals surface area contributed by atoms with Crippen molar-refractivity contribution in [3.8, 4) is 29.5 Å². The Balaban J connectivity index is 0.970. The monoisotopic (exact) mass is 842 g/mol. The Bertz CT molecular complexity index is 3200. The third kappa shape index (κ3) is 7.51. The molecule has 0 bridgehead atoms. The van der Waals surface area contributed by atoms with Crippen molar-refractivity contribution < 1.29 is 19.8 Å². The third-order valence-electron chi connectivity index (χ3n) is 9.56. The molecular weight excluding hydrogens is 817 g/mol. The van der Waals surface area contributed by atoms with E-state index in [1.165, 1.54) is 46.5 Å². The van der Waals surface area contributed by atoms with Crippen LogP contribution in [0.3, 0.4) is 0 Å². The Morgan fingerprint density at radius 3 is 1.56 bits per heavy atom. The van der Waals surface area contributed by atoms with Crippen LogP contribution in [0.2, 0.25) is 0 Å². The number of hydrogen-bond acceptors (Lipinski definition) is 15. The van der Waals surface area contributed by atoms with Crippen LogP contribution in [-0.2, 0) is 0 Å². The highest BCUT2D eigenvalue weighted by molar-refractivity contribution is 6.17. The minimum absolute atomic E-state index is 0.0105. The zero-order valence-electron chi connectivity index (χ0n) is 32.7. The van der Waals surface area contributed by atoms with Gasteiger partial charge in [0.25, 0.3) is 29.4 Å². The molecule has 4 aromatic heterocycles. The largest absolute Gasteiger partial charge is 0.505 e. The van der Waals surface area contributed by atoms with Gasteiger partial charge in [-0.05, 0) is 70.1 Å².